The fourth-order valence-electron chi connectivity index (χ4n) is 2.94. The summed E-state index contributed by atoms with van der Waals surface area (Å²) in [4.78, 5) is 6.36. The first-order valence-corrected chi connectivity index (χ1v) is 7.85. The summed E-state index contributed by atoms with van der Waals surface area (Å²) in [6, 6.07) is 10.2. The van der Waals surface area contributed by atoms with E-state index in [0.717, 1.165) is 24.2 Å². The van der Waals surface area contributed by atoms with E-state index in [9.17, 15) is 10.2 Å². The van der Waals surface area contributed by atoms with Crippen molar-refractivity contribution in [2.45, 2.75) is 26.2 Å². The van der Waals surface area contributed by atoms with E-state index in [0.29, 0.717) is 24.4 Å². The van der Waals surface area contributed by atoms with Crippen molar-refractivity contribution in [1.29, 1.82) is 0 Å². The number of hydrogen-bond donors (Lipinski definition) is 2. The Bertz CT molecular complexity index is 661. The summed E-state index contributed by atoms with van der Waals surface area (Å²) in [6.07, 6.45) is 1.67. The van der Waals surface area contributed by atoms with Crippen LogP contribution in [0.1, 0.15) is 28.5 Å². The number of benzene rings is 1. The van der Waals surface area contributed by atoms with E-state index in [2.05, 4.69) is 22.0 Å². The van der Waals surface area contributed by atoms with Crippen LogP contribution in [0.5, 0.6) is 5.75 Å². The lowest BCUT2D eigenvalue weighted by molar-refractivity contribution is -0.0332. The lowest BCUT2D eigenvalue weighted by Gasteiger charge is -2.33. The minimum absolute atomic E-state index is 0.0348. The van der Waals surface area contributed by atoms with Crippen molar-refractivity contribution in [3.8, 4) is 5.75 Å². The number of hydrogen-bond acceptors (Lipinski definition) is 5. The summed E-state index contributed by atoms with van der Waals surface area (Å²) in [5.74, 6) is 0.180. The minimum Gasteiger partial charge on any atom is -0.506 e. The van der Waals surface area contributed by atoms with Gasteiger partial charge in [0.25, 0.3) is 0 Å². The zero-order valence-electron chi connectivity index (χ0n) is 13.3. The van der Waals surface area contributed by atoms with Crippen molar-refractivity contribution in [2.75, 3.05) is 19.7 Å². The molecule has 2 N–H and O–H groups in total. The number of rotatable bonds is 4. The molecule has 5 nitrogen and oxygen atoms in total. The number of aryl methyl sites for hydroxylation is 1. The molecule has 0 saturated carbocycles. The lowest BCUT2D eigenvalue weighted by atomic mass is 10.0. The summed E-state index contributed by atoms with van der Waals surface area (Å²) in [5, 5.41) is 19.8. The van der Waals surface area contributed by atoms with Crippen LogP contribution in [0.4, 0.5) is 0 Å². The largest absolute Gasteiger partial charge is 0.506 e. The van der Waals surface area contributed by atoms with Gasteiger partial charge in [-0.05, 0) is 12.5 Å². The molecule has 1 atom stereocenters. The highest BCUT2D eigenvalue weighted by Gasteiger charge is 2.23. The Labute approximate surface area is 136 Å². The number of nitrogens with zero attached hydrogens (tertiary/aromatic N) is 2. The van der Waals surface area contributed by atoms with Gasteiger partial charge in [0, 0.05) is 37.0 Å². The molecule has 3 rings (SSSR count). The van der Waals surface area contributed by atoms with Crippen LogP contribution in [-0.2, 0) is 17.9 Å². The van der Waals surface area contributed by atoms with E-state index in [-0.39, 0.29) is 18.5 Å². The molecular formula is C18H22N2O3. The fourth-order valence-corrected chi connectivity index (χ4v) is 2.94. The lowest BCUT2D eigenvalue weighted by Crippen LogP contribution is -2.38. The molecule has 1 aliphatic rings. The molecule has 1 aromatic heterocycles. The summed E-state index contributed by atoms with van der Waals surface area (Å²) >= 11 is 0. The number of morpholine rings is 1. The van der Waals surface area contributed by atoms with Gasteiger partial charge in [-0.25, -0.2) is 0 Å². The van der Waals surface area contributed by atoms with Gasteiger partial charge >= 0.3 is 0 Å². The molecule has 5 heteroatoms. The maximum atomic E-state index is 10.3. The SMILES string of the molecule is Cc1ncc(CO)c(CN2CCOC(c3ccccc3)C2)c1O. The Kier molecular flexibility index (Phi) is 4.91. The van der Waals surface area contributed by atoms with Crippen molar-refractivity contribution in [2.24, 2.45) is 0 Å². The number of aliphatic hydroxyl groups excluding tert-OH is 1. The van der Waals surface area contributed by atoms with Gasteiger partial charge < -0.3 is 14.9 Å². The summed E-state index contributed by atoms with van der Waals surface area (Å²) in [7, 11) is 0. The normalized spacial score (nSPS) is 19.0. The van der Waals surface area contributed by atoms with Crippen molar-refractivity contribution in [3.63, 3.8) is 0 Å². The van der Waals surface area contributed by atoms with Gasteiger partial charge in [-0.1, -0.05) is 30.3 Å². The highest BCUT2D eigenvalue weighted by atomic mass is 16.5. The number of aromatic nitrogens is 1. The van der Waals surface area contributed by atoms with Crippen molar-refractivity contribution in [3.05, 3.63) is 58.9 Å². The van der Waals surface area contributed by atoms with Crippen LogP contribution < -0.4 is 0 Å². The van der Waals surface area contributed by atoms with E-state index in [1.54, 1.807) is 13.1 Å². The maximum absolute atomic E-state index is 10.3. The third-order valence-corrected chi connectivity index (χ3v) is 4.30. The smallest absolute Gasteiger partial charge is 0.141 e. The van der Waals surface area contributed by atoms with Gasteiger partial charge in [-0.3, -0.25) is 9.88 Å². The van der Waals surface area contributed by atoms with E-state index in [1.165, 1.54) is 0 Å². The first kappa shape index (κ1) is 15.9. The predicted molar refractivity (Wildman–Crippen MR) is 87.0 cm³/mol. The number of ether oxygens (including phenoxy) is 1. The Morgan fingerprint density at radius 2 is 2.09 bits per heavy atom. The second-order valence-corrected chi connectivity index (χ2v) is 5.86. The first-order chi connectivity index (χ1) is 11.2. The molecule has 0 bridgehead atoms. The second kappa shape index (κ2) is 7.08. The van der Waals surface area contributed by atoms with Crippen molar-refractivity contribution in [1.82, 2.24) is 9.88 Å². The molecule has 2 aromatic rings. The average molecular weight is 314 g/mol. The molecule has 1 fully saturated rings. The summed E-state index contributed by atoms with van der Waals surface area (Å²) in [6.45, 7) is 4.44. The Balaban J connectivity index is 1.77. The second-order valence-electron chi connectivity index (χ2n) is 5.86. The highest BCUT2D eigenvalue weighted by molar-refractivity contribution is 5.40. The van der Waals surface area contributed by atoms with Crippen LogP contribution in [0.2, 0.25) is 0 Å². The van der Waals surface area contributed by atoms with Gasteiger partial charge in [-0.2, -0.15) is 0 Å². The molecule has 0 spiro atoms. The zero-order chi connectivity index (χ0) is 16.2. The molecule has 0 aliphatic carbocycles. The van der Waals surface area contributed by atoms with E-state index >= 15 is 0 Å². The molecule has 0 radical (unpaired) electrons. The zero-order valence-corrected chi connectivity index (χ0v) is 13.3. The van der Waals surface area contributed by atoms with Gasteiger partial charge in [-0.15, -0.1) is 0 Å². The maximum Gasteiger partial charge on any atom is 0.141 e. The van der Waals surface area contributed by atoms with E-state index < -0.39 is 0 Å². The average Bonchev–Trinajstić information content (AvgIpc) is 2.60. The molecule has 1 unspecified atom stereocenters. The van der Waals surface area contributed by atoms with Crippen LogP contribution in [-0.4, -0.2) is 39.8 Å². The van der Waals surface area contributed by atoms with Crippen LogP contribution >= 0.6 is 0 Å². The molecule has 1 aliphatic heterocycles. The number of pyridine rings is 1. The molecule has 23 heavy (non-hydrogen) atoms. The van der Waals surface area contributed by atoms with E-state index in [4.69, 9.17) is 4.74 Å². The standard InChI is InChI=1S/C18H22N2O3/c1-13-18(22)16(15(12-21)9-19-13)10-20-7-8-23-17(11-20)14-5-3-2-4-6-14/h2-6,9,17,21-22H,7-8,10-12H2,1H3. The third-order valence-electron chi connectivity index (χ3n) is 4.30. The van der Waals surface area contributed by atoms with Crippen LogP contribution in [0.3, 0.4) is 0 Å². The van der Waals surface area contributed by atoms with Crippen LogP contribution in [0, 0.1) is 6.92 Å². The van der Waals surface area contributed by atoms with Gasteiger partial charge in [0.05, 0.1) is 25.0 Å². The Morgan fingerprint density at radius 3 is 2.83 bits per heavy atom. The molecule has 122 valence electrons. The molecular weight excluding hydrogens is 292 g/mol. The summed E-state index contributed by atoms with van der Waals surface area (Å²) in [5.41, 5.74) is 3.18. The monoisotopic (exact) mass is 314 g/mol. The first-order valence-electron chi connectivity index (χ1n) is 7.85. The predicted octanol–water partition coefficient (Wildman–Crippen LogP) is 2.16. The van der Waals surface area contributed by atoms with Gasteiger partial charge in [0.2, 0.25) is 0 Å². The topological polar surface area (TPSA) is 65.8 Å². The molecule has 0 amide bonds. The van der Waals surface area contributed by atoms with Crippen molar-refractivity contribution >= 4 is 0 Å². The van der Waals surface area contributed by atoms with Gasteiger partial charge in [0.15, 0.2) is 0 Å². The molecule has 1 saturated heterocycles. The summed E-state index contributed by atoms with van der Waals surface area (Å²) < 4.78 is 5.88. The quantitative estimate of drug-likeness (QED) is 0.905. The number of aromatic hydroxyl groups is 1. The van der Waals surface area contributed by atoms with Gasteiger partial charge in [0.1, 0.15) is 5.75 Å². The van der Waals surface area contributed by atoms with Crippen LogP contribution in [0.25, 0.3) is 0 Å². The van der Waals surface area contributed by atoms with Crippen LogP contribution in [0.15, 0.2) is 36.5 Å². The van der Waals surface area contributed by atoms with Crippen molar-refractivity contribution < 1.29 is 14.9 Å². The van der Waals surface area contributed by atoms with E-state index in [1.807, 2.05) is 18.2 Å². The Hall–Kier alpha value is -1.95. The fraction of sp³-hybridized carbons (Fsp3) is 0.389. The molecule has 1 aromatic carbocycles. The molecule has 2 heterocycles. The number of aliphatic hydroxyl groups is 1. The minimum atomic E-state index is -0.122. The highest BCUT2D eigenvalue weighted by Crippen LogP contribution is 2.28. The third kappa shape index (κ3) is 3.52. The Morgan fingerprint density at radius 1 is 1.30 bits per heavy atom.